The third kappa shape index (κ3) is 13.0. The summed E-state index contributed by atoms with van der Waals surface area (Å²) in [7, 11) is 2.65. The molecular weight excluding hydrogens is 1020 g/mol. The van der Waals surface area contributed by atoms with Crippen LogP contribution in [0.15, 0.2) is 39.4 Å². The number of carbonyl (C=O) groups excluding carboxylic acids is 2. The van der Waals surface area contributed by atoms with E-state index in [1.807, 2.05) is 0 Å². The quantitative estimate of drug-likeness (QED) is 0.0737. The monoisotopic (exact) mass is 1040 g/mol. The predicted molar refractivity (Wildman–Crippen MR) is 198 cm³/mol. The molecule has 4 rings (SSSR count). The van der Waals surface area contributed by atoms with Gasteiger partial charge in [-0.2, -0.15) is 0 Å². The van der Waals surface area contributed by atoms with Gasteiger partial charge in [-0.05, 0) is 63.7 Å². The van der Waals surface area contributed by atoms with E-state index in [0.717, 1.165) is 22.7 Å². The summed E-state index contributed by atoms with van der Waals surface area (Å²) in [4.78, 5) is 46.5. The standard InChI is InChI=1S/C15H14Br2O6S2.C13H10Br2O6S2.Na.H2O/c1-20-14(18)12-10(8(16)6-24-12)22-4-3-5-23-11-9(17)7-25-13(11)15(19)21-2;14-6-4-22-10(12(16)17)8(6)20-2-1-3-21-9-7(15)5-23-11(9)13(18)19;;/h6-7H,3-5H2,1-2H3;4-5H,1-3H2,(H,16,17)(H,18,19);;1H2/q;;+1;/p-1. The van der Waals surface area contributed by atoms with Gasteiger partial charge in [0.1, 0.15) is 0 Å². The van der Waals surface area contributed by atoms with E-state index in [1.165, 1.54) is 36.9 Å². The summed E-state index contributed by atoms with van der Waals surface area (Å²) in [6.45, 7) is 1.18. The number of rotatable bonds is 16. The number of aromatic carboxylic acids is 2. The average molecular weight is 1040 g/mol. The number of hydrogen-bond donors (Lipinski definition) is 2. The van der Waals surface area contributed by atoms with Gasteiger partial charge >= 0.3 is 53.4 Å². The Kier molecular flexibility index (Phi) is 21.9. The predicted octanol–water partition coefficient (Wildman–Crippen LogP) is 6.16. The van der Waals surface area contributed by atoms with Gasteiger partial charge in [0.25, 0.3) is 0 Å². The molecule has 3 N–H and O–H groups in total. The fourth-order valence-corrected chi connectivity index (χ4v) is 9.29. The largest absolute Gasteiger partial charge is 1.00 e. The smallest absolute Gasteiger partial charge is 0.870 e. The molecule has 4 aromatic heterocycles. The minimum absolute atomic E-state index is 0. The molecule has 0 radical (unpaired) electrons. The van der Waals surface area contributed by atoms with E-state index in [-0.39, 0.29) is 58.0 Å². The van der Waals surface area contributed by atoms with Crippen LogP contribution >= 0.6 is 109 Å². The zero-order valence-electron chi connectivity index (χ0n) is 26.1. The maximum Gasteiger partial charge on any atom is 1.00 e. The van der Waals surface area contributed by atoms with Gasteiger partial charge in [0, 0.05) is 34.4 Å². The first-order chi connectivity index (χ1) is 22.9. The van der Waals surface area contributed by atoms with E-state index in [9.17, 15) is 19.2 Å². The van der Waals surface area contributed by atoms with Gasteiger partial charge in [-0.1, -0.05) is 0 Å². The first kappa shape index (κ1) is 46.8. The number of carboxylic acids is 2. The summed E-state index contributed by atoms with van der Waals surface area (Å²) < 4.78 is 34.3. The molecule has 0 saturated heterocycles. The molecule has 50 heavy (non-hydrogen) atoms. The Morgan fingerprint density at radius 3 is 1.02 bits per heavy atom. The minimum atomic E-state index is -1.04. The van der Waals surface area contributed by atoms with Crippen LogP contribution in [0.4, 0.5) is 0 Å². The molecule has 0 amide bonds. The summed E-state index contributed by atoms with van der Waals surface area (Å²) in [5.41, 5.74) is 0. The Hall–Kier alpha value is -1.24. The Morgan fingerprint density at radius 1 is 0.540 bits per heavy atom. The molecule has 0 saturated carbocycles. The molecule has 268 valence electrons. The van der Waals surface area contributed by atoms with Crippen molar-refractivity contribution < 1.29 is 92.8 Å². The summed E-state index contributed by atoms with van der Waals surface area (Å²) in [5.74, 6) is -1.44. The van der Waals surface area contributed by atoms with Crippen molar-refractivity contribution in [1.29, 1.82) is 0 Å². The van der Waals surface area contributed by atoms with E-state index < -0.39 is 23.9 Å². The van der Waals surface area contributed by atoms with Crippen LogP contribution in [-0.4, -0.2) is 80.2 Å². The van der Waals surface area contributed by atoms with Crippen LogP contribution < -0.4 is 48.5 Å². The van der Waals surface area contributed by atoms with Gasteiger partial charge in [0.05, 0.1) is 58.5 Å². The van der Waals surface area contributed by atoms with Gasteiger partial charge in [-0.25, -0.2) is 19.2 Å². The first-order valence-electron chi connectivity index (χ1n) is 13.1. The topological polar surface area (TPSA) is 194 Å². The Morgan fingerprint density at radius 2 is 0.780 bits per heavy atom. The van der Waals surface area contributed by atoms with Crippen molar-refractivity contribution in [2.75, 3.05) is 40.6 Å². The normalized spacial score (nSPS) is 10.0. The molecule has 0 fully saturated rings. The molecule has 4 aromatic rings. The molecule has 22 heteroatoms. The third-order valence-electron chi connectivity index (χ3n) is 5.51. The van der Waals surface area contributed by atoms with Crippen LogP contribution in [-0.2, 0) is 9.47 Å². The molecule has 0 aliphatic heterocycles. The Balaban J connectivity index is 0.000000482. The van der Waals surface area contributed by atoms with Crippen molar-refractivity contribution in [3.8, 4) is 23.0 Å². The van der Waals surface area contributed by atoms with Crippen molar-refractivity contribution in [2.24, 2.45) is 0 Å². The van der Waals surface area contributed by atoms with Crippen LogP contribution in [0.25, 0.3) is 0 Å². The second-order valence-electron chi connectivity index (χ2n) is 8.66. The van der Waals surface area contributed by atoms with E-state index in [4.69, 9.17) is 38.6 Å². The molecule has 0 spiro atoms. The van der Waals surface area contributed by atoms with Gasteiger partial charge in [0.15, 0.2) is 42.5 Å². The second kappa shape index (κ2) is 23.4. The van der Waals surface area contributed by atoms with Crippen LogP contribution in [0.3, 0.4) is 0 Å². The van der Waals surface area contributed by atoms with Gasteiger partial charge in [0.2, 0.25) is 0 Å². The van der Waals surface area contributed by atoms with Crippen LogP contribution in [0.1, 0.15) is 51.5 Å². The molecule has 0 aliphatic carbocycles. The van der Waals surface area contributed by atoms with E-state index in [2.05, 4.69) is 63.7 Å². The summed E-state index contributed by atoms with van der Waals surface area (Å²) in [5, 5.41) is 24.9. The summed E-state index contributed by atoms with van der Waals surface area (Å²) >= 11 is 17.8. The number of hydrogen-bond acceptors (Lipinski definition) is 15. The zero-order chi connectivity index (χ0) is 35.4. The van der Waals surface area contributed by atoms with Crippen molar-refractivity contribution in [1.82, 2.24) is 0 Å². The number of esters is 2. The number of carboxylic acid groups (broad SMARTS) is 2. The number of carbonyl (C=O) groups is 4. The molecule has 4 heterocycles. The maximum absolute atomic E-state index is 11.7. The Bertz CT molecular complexity index is 1610. The second-order valence-corrected chi connectivity index (χ2v) is 15.6. The van der Waals surface area contributed by atoms with E-state index in [1.54, 1.807) is 21.5 Å². The van der Waals surface area contributed by atoms with Crippen LogP contribution in [0.2, 0.25) is 0 Å². The van der Waals surface area contributed by atoms with Gasteiger partial charge in [-0.3, -0.25) is 0 Å². The maximum atomic E-state index is 11.7. The van der Waals surface area contributed by atoms with Crippen LogP contribution in [0, 0.1) is 0 Å². The molecule has 0 unspecified atom stereocenters. The van der Waals surface area contributed by atoms with Crippen molar-refractivity contribution in [3.05, 3.63) is 58.9 Å². The number of ether oxygens (including phenoxy) is 6. The van der Waals surface area contributed by atoms with Crippen molar-refractivity contribution in [2.45, 2.75) is 12.8 Å². The first-order valence-corrected chi connectivity index (χ1v) is 19.8. The summed E-state index contributed by atoms with van der Waals surface area (Å²) in [6, 6.07) is 0. The van der Waals surface area contributed by atoms with Crippen LogP contribution in [0.5, 0.6) is 23.0 Å². The SMILES string of the molecule is COC(=O)c1scc(Br)c1OCCCOc1c(Br)csc1C(=O)OC.O=C(O)c1scc(Br)c1OCCCOc1c(Br)csc1C(=O)O.[Na+].[OH-]. The minimum Gasteiger partial charge on any atom is -0.870 e. The molecule has 0 atom stereocenters. The van der Waals surface area contributed by atoms with Gasteiger partial charge < -0.3 is 44.1 Å². The molecule has 13 nitrogen and oxygen atoms in total. The average Bonchev–Trinajstić information content (AvgIpc) is 3.83. The van der Waals surface area contributed by atoms with Crippen molar-refractivity contribution in [3.63, 3.8) is 0 Å². The summed E-state index contributed by atoms with van der Waals surface area (Å²) in [6.07, 6.45) is 1.04. The number of methoxy groups -OCH3 is 2. The third-order valence-corrected chi connectivity index (χ3v) is 12.9. The zero-order valence-corrected chi connectivity index (χ0v) is 37.7. The van der Waals surface area contributed by atoms with Gasteiger partial charge in [-0.15, -0.1) is 45.3 Å². The number of halogens is 4. The Labute approximate surface area is 357 Å². The fourth-order valence-electron chi connectivity index (χ4n) is 3.42. The fraction of sp³-hybridized carbons (Fsp3) is 0.286. The van der Waals surface area contributed by atoms with Crippen molar-refractivity contribution >= 4 is 133 Å². The molecule has 0 aromatic carbocycles. The van der Waals surface area contributed by atoms with E-state index in [0.29, 0.717) is 76.7 Å². The number of thiophene rings is 4. The molecular formula is C28H25Br4NaO13S4. The molecule has 0 bridgehead atoms. The molecule has 0 aliphatic rings. The van der Waals surface area contributed by atoms with E-state index >= 15 is 0 Å².